The van der Waals surface area contributed by atoms with Gasteiger partial charge in [-0.3, -0.25) is 0 Å². The Balaban J connectivity index is 3.41. The molecule has 1 aliphatic heterocycles. The van der Waals surface area contributed by atoms with E-state index in [9.17, 15) is 0 Å². The van der Waals surface area contributed by atoms with E-state index in [4.69, 9.17) is 0 Å². The first-order valence-electron chi connectivity index (χ1n) is 10.8. The summed E-state index contributed by atoms with van der Waals surface area (Å²) in [5.74, 6) is 0. The van der Waals surface area contributed by atoms with Gasteiger partial charge in [0.2, 0.25) is 0 Å². The van der Waals surface area contributed by atoms with Gasteiger partial charge in [-0.15, -0.1) is 0 Å². The Morgan fingerprint density at radius 1 is 0.800 bits per heavy atom. The number of hydrogen-bond donors (Lipinski definition) is 0. The van der Waals surface area contributed by atoms with Crippen LogP contribution in [-0.4, -0.2) is 59.3 Å². The van der Waals surface area contributed by atoms with Crippen molar-refractivity contribution in [1.29, 1.82) is 0 Å². The van der Waals surface area contributed by atoms with Crippen LogP contribution in [0, 0.1) is 0 Å². The normalized spacial score (nSPS) is 21.6. The summed E-state index contributed by atoms with van der Waals surface area (Å²) in [5.41, 5.74) is 0.629. The fraction of sp³-hybridized carbons (Fsp3) is 1.00. The Kier molecular flexibility index (Phi) is 8.77. The summed E-state index contributed by atoms with van der Waals surface area (Å²) in [4.78, 5) is 0. The Morgan fingerprint density at radius 2 is 1.16 bits per heavy atom. The molecule has 4 heteroatoms. The molecule has 25 heavy (non-hydrogen) atoms. The average Bonchev–Trinajstić information content (AvgIpc) is 2.56. The number of rotatable bonds is 10. The van der Waals surface area contributed by atoms with Gasteiger partial charge in [0.25, 0.3) is 0 Å². The molecule has 0 bridgehead atoms. The van der Waals surface area contributed by atoms with Crippen molar-refractivity contribution >= 4 is 20.6 Å². The van der Waals surface area contributed by atoms with Crippen molar-refractivity contribution in [2.75, 3.05) is 0 Å². The van der Waals surface area contributed by atoms with Crippen LogP contribution in [0.3, 0.4) is 0 Å². The molecule has 0 spiro atoms. The van der Waals surface area contributed by atoms with E-state index in [2.05, 4.69) is 85.5 Å². The fourth-order valence-corrected chi connectivity index (χ4v) is 16.1. The Labute approximate surface area is 167 Å². The predicted octanol–water partition coefficient (Wildman–Crippen LogP) is 5.60. The molecule has 0 N–H and O–H groups in total. The minimum absolute atomic E-state index is 0.314. The summed E-state index contributed by atoms with van der Waals surface area (Å²) in [6, 6.07) is 1.37. The van der Waals surface area contributed by atoms with Crippen LogP contribution in [0.5, 0.6) is 0 Å². The SMILES string of the molecule is CCC(C)[N](C(C)CC)[Sn]1[N](C(C)(C)CC)C(CC)[N]1C(C)(C)CC. The zero-order valence-electron chi connectivity index (χ0n) is 19.1. The molecule has 2 atom stereocenters. The van der Waals surface area contributed by atoms with E-state index in [-0.39, 0.29) is 0 Å². The first kappa shape index (κ1) is 23.7. The van der Waals surface area contributed by atoms with Gasteiger partial charge < -0.3 is 0 Å². The van der Waals surface area contributed by atoms with Crippen LogP contribution >= 0.6 is 0 Å². The molecule has 0 aliphatic carbocycles. The van der Waals surface area contributed by atoms with Crippen molar-refractivity contribution in [1.82, 2.24) is 9.36 Å². The minimum atomic E-state index is -2.10. The second-order valence-corrected chi connectivity index (χ2v) is 15.1. The summed E-state index contributed by atoms with van der Waals surface area (Å²) in [6.07, 6.45) is 6.87. The maximum absolute atomic E-state index is 3.02. The van der Waals surface area contributed by atoms with Crippen molar-refractivity contribution in [2.45, 2.75) is 138 Å². The van der Waals surface area contributed by atoms with Crippen molar-refractivity contribution in [3.63, 3.8) is 0 Å². The third kappa shape index (κ3) is 4.57. The van der Waals surface area contributed by atoms with E-state index in [0.29, 0.717) is 29.3 Å². The average molecular weight is 459 g/mol. The maximum atomic E-state index is 3.02. The summed E-state index contributed by atoms with van der Waals surface area (Å²) in [5, 5.41) is 0. The molecule has 3 nitrogen and oxygen atoms in total. The van der Waals surface area contributed by atoms with E-state index < -0.39 is 20.6 Å². The van der Waals surface area contributed by atoms with E-state index in [0.717, 1.165) is 0 Å². The van der Waals surface area contributed by atoms with Crippen molar-refractivity contribution in [2.24, 2.45) is 0 Å². The number of nitrogens with zero attached hydrogens (tertiary/aromatic N) is 3. The van der Waals surface area contributed by atoms with Crippen LogP contribution in [0.25, 0.3) is 0 Å². The molecule has 1 radical (unpaired) electrons. The van der Waals surface area contributed by atoms with E-state index in [1.165, 1.54) is 32.1 Å². The van der Waals surface area contributed by atoms with Gasteiger partial charge in [-0.25, -0.2) is 0 Å². The monoisotopic (exact) mass is 460 g/mol. The summed E-state index contributed by atoms with van der Waals surface area (Å²) >= 11 is -2.10. The third-order valence-electron chi connectivity index (χ3n) is 6.79. The van der Waals surface area contributed by atoms with Gasteiger partial charge in [-0.1, -0.05) is 0 Å². The van der Waals surface area contributed by atoms with Gasteiger partial charge in [0.15, 0.2) is 0 Å². The number of hydrogen-bond acceptors (Lipinski definition) is 3. The van der Waals surface area contributed by atoms with Crippen LogP contribution in [0.1, 0.15) is 108 Å². The van der Waals surface area contributed by atoms with Crippen LogP contribution < -0.4 is 0 Å². The molecular weight excluding hydrogens is 413 g/mol. The fourth-order valence-electron chi connectivity index (χ4n) is 3.97. The van der Waals surface area contributed by atoms with E-state index in [1.807, 2.05) is 0 Å². The van der Waals surface area contributed by atoms with Crippen molar-refractivity contribution in [3.8, 4) is 0 Å². The zero-order chi connectivity index (χ0) is 19.6. The van der Waals surface area contributed by atoms with Crippen molar-refractivity contribution < 1.29 is 0 Å². The molecule has 1 rings (SSSR count). The summed E-state index contributed by atoms with van der Waals surface area (Å²) in [7, 11) is 0. The van der Waals surface area contributed by atoms with Gasteiger partial charge in [0, 0.05) is 0 Å². The molecule has 1 fully saturated rings. The molecular formula is C21H46N3Sn. The molecule has 1 aliphatic rings. The standard InChI is InChI=1S/C13H28N2.C8H18N.Sn/c1-8-11(14-12(4,5)9-2)15-13(6,7)10-3;1-5-7(3)9-8(4)6-2;/h11H,8-10H2,1-7H3;7-8H,5-6H2,1-4H3;/q-2;-1;+3. The van der Waals surface area contributed by atoms with Crippen LogP contribution in [0.15, 0.2) is 0 Å². The van der Waals surface area contributed by atoms with Gasteiger partial charge in [0.1, 0.15) is 0 Å². The molecule has 0 aromatic heterocycles. The van der Waals surface area contributed by atoms with Crippen LogP contribution in [0.2, 0.25) is 0 Å². The quantitative estimate of drug-likeness (QED) is 0.394. The molecule has 2 unspecified atom stereocenters. The van der Waals surface area contributed by atoms with Gasteiger partial charge >= 0.3 is 168 Å². The first-order valence-corrected chi connectivity index (χ1v) is 14.6. The Morgan fingerprint density at radius 3 is 1.40 bits per heavy atom. The van der Waals surface area contributed by atoms with Crippen molar-refractivity contribution in [3.05, 3.63) is 0 Å². The van der Waals surface area contributed by atoms with E-state index >= 15 is 0 Å². The molecule has 149 valence electrons. The summed E-state index contributed by atoms with van der Waals surface area (Å²) in [6.45, 7) is 26.7. The topological polar surface area (TPSA) is 9.72 Å². The molecule has 1 heterocycles. The Bertz CT molecular complexity index is 373. The van der Waals surface area contributed by atoms with Gasteiger partial charge in [-0.2, -0.15) is 0 Å². The molecule has 0 aromatic rings. The van der Waals surface area contributed by atoms with Crippen LogP contribution in [-0.2, 0) is 0 Å². The third-order valence-corrected chi connectivity index (χ3v) is 18.2. The second kappa shape index (κ2) is 9.25. The van der Waals surface area contributed by atoms with Gasteiger partial charge in [0.05, 0.1) is 0 Å². The van der Waals surface area contributed by atoms with Gasteiger partial charge in [-0.05, 0) is 0 Å². The summed E-state index contributed by atoms with van der Waals surface area (Å²) < 4.78 is 9.04. The second-order valence-electron chi connectivity index (χ2n) is 9.18. The molecule has 1 saturated heterocycles. The first-order chi connectivity index (χ1) is 11.5. The van der Waals surface area contributed by atoms with Crippen LogP contribution in [0.4, 0.5) is 0 Å². The predicted molar refractivity (Wildman–Crippen MR) is 114 cm³/mol. The molecule has 0 aromatic carbocycles. The molecule has 0 amide bonds. The molecule has 0 saturated carbocycles. The Hall–Kier alpha value is 0.679. The zero-order valence-corrected chi connectivity index (χ0v) is 22.0. The van der Waals surface area contributed by atoms with E-state index in [1.54, 1.807) is 0 Å².